The maximum atomic E-state index is 6.98. The molecule has 0 spiro atoms. The Morgan fingerprint density at radius 3 is 2.06 bits per heavy atom. The maximum Gasteiger partial charge on any atom is 0.279 e. The number of allylic oxidation sites excluding steroid dienone is 1. The zero-order chi connectivity index (χ0) is 23.2. The van der Waals surface area contributed by atoms with Crippen LogP contribution in [0.15, 0.2) is 83.2 Å². The van der Waals surface area contributed by atoms with Crippen molar-refractivity contribution in [2.45, 2.75) is 51.5 Å². The van der Waals surface area contributed by atoms with Gasteiger partial charge in [0.1, 0.15) is 0 Å². The third kappa shape index (κ3) is 5.73. The lowest BCUT2D eigenvalue weighted by atomic mass is 10.2. The summed E-state index contributed by atoms with van der Waals surface area (Å²) in [6.45, 7) is 9.36. The van der Waals surface area contributed by atoms with E-state index in [2.05, 4.69) is 97.4 Å². The number of rotatable bonds is 8. The molecule has 1 heterocycles. The van der Waals surface area contributed by atoms with Crippen LogP contribution in [0.25, 0.3) is 0 Å². The molecule has 2 atom stereocenters. The monoisotopic (exact) mass is 516 g/mol. The summed E-state index contributed by atoms with van der Waals surface area (Å²) in [5, 5.41) is 2.49. The van der Waals surface area contributed by atoms with E-state index in [1.165, 1.54) is 10.4 Å². The van der Waals surface area contributed by atoms with E-state index in [4.69, 9.17) is 18.6 Å². The van der Waals surface area contributed by atoms with Crippen LogP contribution in [0.2, 0.25) is 5.04 Å². The Morgan fingerprint density at radius 2 is 1.59 bits per heavy atom. The van der Waals surface area contributed by atoms with Crippen molar-refractivity contribution in [2.75, 3.05) is 13.7 Å². The van der Waals surface area contributed by atoms with Gasteiger partial charge in [0.2, 0.25) is 6.29 Å². The summed E-state index contributed by atoms with van der Waals surface area (Å²) in [5.41, 5.74) is 0. The van der Waals surface area contributed by atoms with Crippen LogP contribution in [0.4, 0.5) is 0 Å². The summed E-state index contributed by atoms with van der Waals surface area (Å²) in [7, 11) is -0.955. The predicted octanol–water partition coefficient (Wildman–Crippen LogP) is 5.48. The van der Waals surface area contributed by atoms with E-state index in [0.717, 1.165) is 4.48 Å². The molecule has 0 saturated carbocycles. The van der Waals surface area contributed by atoms with Crippen molar-refractivity contribution in [3.05, 3.63) is 83.2 Å². The summed E-state index contributed by atoms with van der Waals surface area (Å²) in [6.07, 6.45) is 3.80. The predicted molar refractivity (Wildman–Crippen MR) is 136 cm³/mol. The van der Waals surface area contributed by atoms with Gasteiger partial charge in [0.05, 0.1) is 13.2 Å². The quantitative estimate of drug-likeness (QED) is 0.435. The average molecular weight is 518 g/mol. The molecule has 0 radical (unpaired) electrons. The highest BCUT2D eigenvalue weighted by Crippen LogP contribution is 2.37. The lowest BCUT2D eigenvalue weighted by Crippen LogP contribution is -2.66. The molecule has 0 saturated heterocycles. The minimum Gasteiger partial charge on any atom is -0.469 e. The van der Waals surface area contributed by atoms with E-state index in [1.807, 2.05) is 19.1 Å². The molecule has 0 unspecified atom stereocenters. The van der Waals surface area contributed by atoms with Crippen molar-refractivity contribution >= 4 is 34.6 Å². The Bertz CT molecular complexity index is 878. The minimum atomic E-state index is -2.56. The van der Waals surface area contributed by atoms with Crippen molar-refractivity contribution in [1.29, 1.82) is 0 Å². The molecule has 2 aromatic carbocycles. The highest BCUT2D eigenvalue weighted by atomic mass is 79.9. The molecule has 4 nitrogen and oxygen atoms in total. The van der Waals surface area contributed by atoms with Gasteiger partial charge in [-0.05, 0) is 39.3 Å². The number of ether oxygens (including phenoxy) is 3. The smallest absolute Gasteiger partial charge is 0.279 e. The first kappa shape index (κ1) is 24.8. The molecular formula is C26H33BrO4Si. The topological polar surface area (TPSA) is 36.9 Å². The molecule has 6 heteroatoms. The van der Waals surface area contributed by atoms with Gasteiger partial charge < -0.3 is 18.6 Å². The van der Waals surface area contributed by atoms with Gasteiger partial charge in [-0.2, -0.15) is 0 Å². The fourth-order valence-electron chi connectivity index (χ4n) is 4.16. The molecule has 0 bridgehead atoms. The minimum absolute atomic E-state index is 0.0574. The van der Waals surface area contributed by atoms with Crippen LogP contribution < -0.4 is 10.4 Å². The van der Waals surface area contributed by atoms with Crippen LogP contribution >= 0.6 is 15.9 Å². The SMILES string of the molecule is COC1=C[C@@H](CCO[Si](c2ccccc2)(c2ccccc2)C(C)(C)C)O[C@@H](/C=C(\C)Br)O1. The number of halogens is 1. The summed E-state index contributed by atoms with van der Waals surface area (Å²) >= 11 is 3.45. The van der Waals surface area contributed by atoms with Gasteiger partial charge in [-0.15, -0.1) is 0 Å². The van der Waals surface area contributed by atoms with Crippen LogP contribution in [0, 0.1) is 0 Å². The Morgan fingerprint density at radius 1 is 1.03 bits per heavy atom. The van der Waals surface area contributed by atoms with Crippen molar-refractivity contribution in [3.8, 4) is 0 Å². The second kappa shape index (κ2) is 10.8. The Labute approximate surface area is 201 Å². The van der Waals surface area contributed by atoms with Gasteiger partial charge in [0.25, 0.3) is 14.3 Å². The molecule has 0 aliphatic carbocycles. The molecule has 3 rings (SSSR count). The molecule has 172 valence electrons. The fraction of sp³-hybridized carbons (Fsp3) is 0.385. The molecule has 1 aliphatic heterocycles. The zero-order valence-electron chi connectivity index (χ0n) is 19.5. The molecule has 32 heavy (non-hydrogen) atoms. The lowest BCUT2D eigenvalue weighted by Gasteiger charge is -2.43. The van der Waals surface area contributed by atoms with Crippen molar-refractivity contribution in [3.63, 3.8) is 0 Å². The molecule has 1 aliphatic rings. The van der Waals surface area contributed by atoms with E-state index in [1.54, 1.807) is 7.11 Å². The molecule has 0 aromatic heterocycles. The third-order valence-corrected chi connectivity index (χ3v) is 10.9. The van der Waals surface area contributed by atoms with Crippen LogP contribution in [0.3, 0.4) is 0 Å². The van der Waals surface area contributed by atoms with E-state index in [9.17, 15) is 0 Å². The van der Waals surface area contributed by atoms with Gasteiger partial charge in [0, 0.05) is 12.7 Å². The van der Waals surface area contributed by atoms with E-state index >= 15 is 0 Å². The first-order valence-corrected chi connectivity index (χ1v) is 13.6. The molecule has 0 fully saturated rings. The van der Waals surface area contributed by atoms with Crippen LogP contribution in [-0.2, 0) is 18.6 Å². The van der Waals surface area contributed by atoms with Gasteiger partial charge in [-0.3, -0.25) is 0 Å². The zero-order valence-corrected chi connectivity index (χ0v) is 22.1. The Hall–Kier alpha value is -1.86. The van der Waals surface area contributed by atoms with Crippen LogP contribution in [-0.4, -0.2) is 34.4 Å². The fourth-order valence-corrected chi connectivity index (χ4v) is 8.96. The highest BCUT2D eigenvalue weighted by molar-refractivity contribution is 9.11. The van der Waals surface area contributed by atoms with E-state index < -0.39 is 14.6 Å². The molecule has 2 aromatic rings. The van der Waals surface area contributed by atoms with Gasteiger partial charge in [-0.25, -0.2) is 0 Å². The maximum absolute atomic E-state index is 6.98. The average Bonchev–Trinajstić information content (AvgIpc) is 2.76. The molecule has 0 N–H and O–H groups in total. The number of hydrogen-bond acceptors (Lipinski definition) is 4. The number of benzene rings is 2. The summed E-state index contributed by atoms with van der Waals surface area (Å²) in [6, 6.07) is 21.3. The number of hydrogen-bond donors (Lipinski definition) is 0. The summed E-state index contributed by atoms with van der Waals surface area (Å²) in [4.78, 5) is 0. The lowest BCUT2D eigenvalue weighted by molar-refractivity contribution is -0.159. The molecular weight excluding hydrogens is 484 g/mol. The van der Waals surface area contributed by atoms with Crippen LogP contribution in [0.5, 0.6) is 0 Å². The van der Waals surface area contributed by atoms with Crippen molar-refractivity contribution in [1.82, 2.24) is 0 Å². The van der Waals surface area contributed by atoms with E-state index in [0.29, 0.717) is 19.0 Å². The van der Waals surface area contributed by atoms with Crippen molar-refractivity contribution < 1.29 is 18.6 Å². The first-order chi connectivity index (χ1) is 15.3. The Kier molecular flexibility index (Phi) is 8.39. The summed E-state index contributed by atoms with van der Waals surface area (Å²) < 4.78 is 25.1. The van der Waals surface area contributed by atoms with E-state index in [-0.39, 0.29) is 11.1 Å². The summed E-state index contributed by atoms with van der Waals surface area (Å²) in [5.74, 6) is 0.474. The normalized spacial score (nSPS) is 19.8. The standard InChI is InChI=1S/C26H33BrO4Si/c1-20(27)18-25-30-21(19-24(28-5)31-25)16-17-29-32(26(2,3)4,22-12-8-6-9-13-22)23-14-10-7-11-15-23/h6-15,18-19,21,25H,16-17H2,1-5H3/b20-18+/t21-,25-/m1/s1. The second-order valence-electron chi connectivity index (χ2n) is 8.90. The second-order valence-corrected chi connectivity index (χ2v) is 14.5. The number of methoxy groups -OCH3 is 1. The first-order valence-electron chi connectivity index (χ1n) is 10.9. The highest BCUT2D eigenvalue weighted by Gasteiger charge is 2.50. The van der Waals surface area contributed by atoms with Gasteiger partial charge in [-0.1, -0.05) is 97.4 Å². The van der Waals surface area contributed by atoms with Gasteiger partial charge in [0.15, 0.2) is 0 Å². The third-order valence-electron chi connectivity index (χ3n) is 5.57. The Balaban J connectivity index is 1.87. The van der Waals surface area contributed by atoms with Crippen molar-refractivity contribution in [2.24, 2.45) is 0 Å². The molecule has 0 amide bonds. The largest absolute Gasteiger partial charge is 0.469 e. The van der Waals surface area contributed by atoms with Gasteiger partial charge >= 0.3 is 0 Å². The van der Waals surface area contributed by atoms with Crippen LogP contribution in [0.1, 0.15) is 34.1 Å².